The average molecular weight is 294 g/mol. The van der Waals surface area contributed by atoms with Crippen LogP contribution in [-0.4, -0.2) is 41.4 Å². The summed E-state index contributed by atoms with van der Waals surface area (Å²) in [5, 5.41) is 11.6. The number of urea groups is 1. The molecule has 6 heteroatoms. The summed E-state index contributed by atoms with van der Waals surface area (Å²) in [5.41, 5.74) is 0.680. The van der Waals surface area contributed by atoms with E-state index in [-0.39, 0.29) is 12.6 Å². The Hall–Kier alpha value is -1.69. The van der Waals surface area contributed by atoms with E-state index in [2.05, 4.69) is 5.32 Å². The van der Waals surface area contributed by atoms with E-state index in [1.165, 1.54) is 4.90 Å². The molecular formula is C14H18N2O3S. The Morgan fingerprint density at radius 3 is 2.50 bits per heavy atom. The highest BCUT2D eigenvalue weighted by Crippen LogP contribution is 2.29. The first-order valence-electron chi connectivity index (χ1n) is 6.50. The van der Waals surface area contributed by atoms with Crippen LogP contribution in [0.4, 0.5) is 10.5 Å². The number of anilines is 1. The molecule has 0 spiro atoms. The quantitative estimate of drug-likeness (QED) is 0.792. The maximum absolute atomic E-state index is 12.1. The molecule has 0 heterocycles. The number of carbonyl (C=O) groups excluding carboxylic acids is 1. The average Bonchev–Trinajstić information content (AvgIpc) is 3.22. The second kappa shape index (κ2) is 6.65. The normalized spacial score (nSPS) is 13.8. The smallest absolute Gasteiger partial charge is 0.323 e. The summed E-state index contributed by atoms with van der Waals surface area (Å²) in [6, 6.07) is 7.13. The summed E-state index contributed by atoms with van der Waals surface area (Å²) in [4.78, 5) is 25.4. The van der Waals surface area contributed by atoms with Crippen molar-refractivity contribution in [3.8, 4) is 0 Å². The van der Waals surface area contributed by atoms with Crippen molar-refractivity contribution in [3.05, 3.63) is 24.3 Å². The molecular weight excluding hydrogens is 276 g/mol. The van der Waals surface area contributed by atoms with Crippen LogP contribution in [0.3, 0.4) is 0 Å². The number of hydrogen-bond donors (Lipinski definition) is 2. The largest absolute Gasteiger partial charge is 0.480 e. The Labute approximate surface area is 122 Å². The first-order chi connectivity index (χ1) is 9.58. The van der Waals surface area contributed by atoms with Crippen molar-refractivity contribution < 1.29 is 14.7 Å². The number of aliphatic carboxylic acids is 1. The van der Waals surface area contributed by atoms with E-state index in [0.29, 0.717) is 18.2 Å². The fourth-order valence-electron chi connectivity index (χ4n) is 1.87. The molecule has 0 saturated heterocycles. The van der Waals surface area contributed by atoms with Gasteiger partial charge in [0.05, 0.1) is 0 Å². The molecule has 1 fully saturated rings. The highest BCUT2D eigenvalue weighted by atomic mass is 32.2. The van der Waals surface area contributed by atoms with Crippen LogP contribution in [0.25, 0.3) is 0 Å². The summed E-state index contributed by atoms with van der Waals surface area (Å²) < 4.78 is 0. The Bertz CT molecular complexity index is 486. The number of hydrogen-bond acceptors (Lipinski definition) is 3. The third-order valence-corrected chi connectivity index (χ3v) is 3.87. The molecule has 0 unspecified atom stereocenters. The molecule has 2 rings (SSSR count). The van der Waals surface area contributed by atoms with E-state index >= 15 is 0 Å². The zero-order valence-electron chi connectivity index (χ0n) is 11.3. The molecule has 1 aliphatic rings. The van der Waals surface area contributed by atoms with Gasteiger partial charge in [0.25, 0.3) is 0 Å². The Kier molecular flexibility index (Phi) is 4.89. The molecule has 1 aromatic carbocycles. The molecule has 1 aromatic rings. The van der Waals surface area contributed by atoms with Gasteiger partial charge < -0.3 is 15.3 Å². The maximum atomic E-state index is 12.1. The van der Waals surface area contributed by atoms with Gasteiger partial charge >= 0.3 is 12.0 Å². The lowest BCUT2D eigenvalue weighted by Gasteiger charge is -2.21. The van der Waals surface area contributed by atoms with Crippen LogP contribution in [0.5, 0.6) is 0 Å². The van der Waals surface area contributed by atoms with Gasteiger partial charge in [-0.25, -0.2) is 4.79 Å². The van der Waals surface area contributed by atoms with Gasteiger partial charge in [-0.3, -0.25) is 4.79 Å². The number of carboxylic acids is 1. The second-order valence-electron chi connectivity index (χ2n) is 4.88. The van der Waals surface area contributed by atoms with E-state index in [9.17, 15) is 9.59 Å². The van der Waals surface area contributed by atoms with Crippen molar-refractivity contribution >= 4 is 29.4 Å². The highest BCUT2D eigenvalue weighted by molar-refractivity contribution is 7.98. The number of benzene rings is 1. The van der Waals surface area contributed by atoms with Gasteiger partial charge in [-0.15, -0.1) is 11.8 Å². The number of thioether (sulfide) groups is 1. The van der Waals surface area contributed by atoms with Crippen molar-refractivity contribution in [2.75, 3.05) is 24.7 Å². The molecule has 1 saturated carbocycles. The SMILES string of the molecule is CSc1ccc(NC(=O)N(CC(=O)O)CC2CC2)cc1. The van der Waals surface area contributed by atoms with E-state index in [4.69, 9.17) is 5.11 Å². The van der Waals surface area contributed by atoms with Crippen molar-refractivity contribution in [2.24, 2.45) is 5.92 Å². The van der Waals surface area contributed by atoms with Crippen molar-refractivity contribution in [1.82, 2.24) is 4.90 Å². The number of amides is 2. The predicted octanol–water partition coefficient (Wildman–Crippen LogP) is 2.74. The fourth-order valence-corrected chi connectivity index (χ4v) is 2.28. The van der Waals surface area contributed by atoms with E-state index in [0.717, 1.165) is 17.7 Å². The van der Waals surface area contributed by atoms with Crippen LogP contribution in [-0.2, 0) is 4.79 Å². The Balaban J connectivity index is 1.96. The molecule has 108 valence electrons. The molecule has 2 amide bonds. The van der Waals surface area contributed by atoms with Crippen molar-refractivity contribution in [3.63, 3.8) is 0 Å². The predicted molar refractivity (Wildman–Crippen MR) is 79.2 cm³/mol. The topological polar surface area (TPSA) is 69.6 Å². The maximum Gasteiger partial charge on any atom is 0.323 e. The lowest BCUT2D eigenvalue weighted by molar-refractivity contribution is -0.137. The summed E-state index contributed by atoms with van der Waals surface area (Å²) in [6.07, 6.45) is 4.13. The van der Waals surface area contributed by atoms with Crippen LogP contribution in [0, 0.1) is 5.92 Å². The third-order valence-electron chi connectivity index (χ3n) is 3.13. The highest BCUT2D eigenvalue weighted by Gasteiger charge is 2.27. The Morgan fingerprint density at radius 2 is 2.00 bits per heavy atom. The molecule has 1 aliphatic carbocycles. The zero-order valence-corrected chi connectivity index (χ0v) is 12.2. The van der Waals surface area contributed by atoms with Gasteiger partial charge in [-0.1, -0.05) is 0 Å². The van der Waals surface area contributed by atoms with E-state index < -0.39 is 5.97 Å². The summed E-state index contributed by atoms with van der Waals surface area (Å²) in [6.45, 7) is 0.256. The minimum absolute atomic E-state index is 0.259. The molecule has 0 aromatic heterocycles. The summed E-state index contributed by atoms with van der Waals surface area (Å²) in [7, 11) is 0. The van der Waals surface area contributed by atoms with Crippen LogP contribution in [0.2, 0.25) is 0 Å². The van der Waals surface area contributed by atoms with E-state index in [1.54, 1.807) is 11.8 Å². The molecule has 2 N–H and O–H groups in total. The number of carbonyl (C=O) groups is 2. The summed E-state index contributed by atoms with van der Waals surface area (Å²) >= 11 is 1.63. The monoisotopic (exact) mass is 294 g/mol. The van der Waals surface area contributed by atoms with Crippen LogP contribution < -0.4 is 5.32 Å². The lowest BCUT2D eigenvalue weighted by atomic mass is 10.3. The number of rotatable bonds is 6. The summed E-state index contributed by atoms with van der Waals surface area (Å²) in [5.74, 6) is -0.530. The minimum Gasteiger partial charge on any atom is -0.480 e. The number of carboxylic acid groups (broad SMARTS) is 1. The van der Waals surface area contributed by atoms with Crippen LogP contribution >= 0.6 is 11.8 Å². The minimum atomic E-state index is -0.987. The molecule has 5 nitrogen and oxygen atoms in total. The zero-order chi connectivity index (χ0) is 14.5. The number of nitrogens with zero attached hydrogens (tertiary/aromatic N) is 1. The van der Waals surface area contributed by atoms with E-state index in [1.807, 2.05) is 30.5 Å². The van der Waals surface area contributed by atoms with Gasteiger partial charge in [0.2, 0.25) is 0 Å². The number of nitrogens with one attached hydrogen (secondary N) is 1. The Morgan fingerprint density at radius 1 is 1.35 bits per heavy atom. The van der Waals surface area contributed by atoms with Crippen LogP contribution in [0.15, 0.2) is 29.2 Å². The lowest BCUT2D eigenvalue weighted by Crippen LogP contribution is -2.40. The van der Waals surface area contributed by atoms with Gasteiger partial charge in [0, 0.05) is 17.1 Å². The molecule has 0 atom stereocenters. The first-order valence-corrected chi connectivity index (χ1v) is 7.72. The van der Waals surface area contributed by atoms with Gasteiger partial charge in [0.1, 0.15) is 6.54 Å². The molecule has 0 radical (unpaired) electrons. The van der Waals surface area contributed by atoms with Gasteiger partial charge in [-0.2, -0.15) is 0 Å². The fraction of sp³-hybridized carbons (Fsp3) is 0.429. The van der Waals surface area contributed by atoms with Crippen molar-refractivity contribution in [2.45, 2.75) is 17.7 Å². The molecule has 0 bridgehead atoms. The molecule has 20 heavy (non-hydrogen) atoms. The van der Waals surface area contributed by atoms with Gasteiger partial charge in [0.15, 0.2) is 0 Å². The van der Waals surface area contributed by atoms with Gasteiger partial charge in [-0.05, 0) is 49.3 Å². The first kappa shape index (κ1) is 14.7. The van der Waals surface area contributed by atoms with Crippen molar-refractivity contribution in [1.29, 1.82) is 0 Å². The third kappa shape index (κ3) is 4.45. The van der Waals surface area contributed by atoms with Crippen LogP contribution in [0.1, 0.15) is 12.8 Å². The standard InChI is InChI=1S/C14H18N2O3S/c1-20-12-6-4-11(5-7-12)15-14(19)16(9-13(17)18)8-10-2-3-10/h4-7,10H,2-3,8-9H2,1H3,(H,15,19)(H,17,18). The molecule has 0 aliphatic heterocycles. The second-order valence-corrected chi connectivity index (χ2v) is 5.76.